The molecule has 27 heavy (non-hydrogen) atoms. The summed E-state index contributed by atoms with van der Waals surface area (Å²) in [7, 11) is 0. The number of aryl methyl sites for hydroxylation is 1. The molecule has 0 saturated carbocycles. The zero-order valence-corrected chi connectivity index (χ0v) is 16.1. The van der Waals surface area contributed by atoms with Gasteiger partial charge in [-0.05, 0) is 48.2 Å². The van der Waals surface area contributed by atoms with Crippen LogP contribution in [0.2, 0.25) is 5.02 Å². The number of fused-ring (bicyclic) bond motifs is 1. The Bertz CT molecular complexity index is 1120. The second-order valence-electron chi connectivity index (χ2n) is 6.75. The van der Waals surface area contributed by atoms with Gasteiger partial charge in [0.1, 0.15) is 17.5 Å². The number of nitrogens with zero attached hydrogens (tertiary/aromatic N) is 4. The first-order valence-corrected chi connectivity index (χ1v) is 9.14. The van der Waals surface area contributed by atoms with E-state index in [1.807, 2.05) is 37.3 Å². The van der Waals surface area contributed by atoms with Gasteiger partial charge >= 0.3 is 0 Å². The summed E-state index contributed by atoms with van der Waals surface area (Å²) in [5.74, 6) is 1.63. The summed E-state index contributed by atoms with van der Waals surface area (Å²) in [5, 5.41) is 5.85. The lowest BCUT2D eigenvalue weighted by atomic mass is 10.0. The number of hydrogen-bond acceptors (Lipinski definition) is 4. The van der Waals surface area contributed by atoms with Gasteiger partial charge in [-0.1, -0.05) is 43.6 Å². The minimum atomic E-state index is 0.340. The van der Waals surface area contributed by atoms with E-state index in [1.54, 1.807) is 10.9 Å². The quantitative estimate of drug-likeness (QED) is 0.457. The maximum atomic E-state index is 6.21. The Labute approximate surface area is 162 Å². The highest BCUT2D eigenvalue weighted by molar-refractivity contribution is 6.30. The van der Waals surface area contributed by atoms with E-state index in [0.29, 0.717) is 22.5 Å². The molecule has 2 heterocycles. The Balaban J connectivity index is 1.80. The van der Waals surface area contributed by atoms with Gasteiger partial charge in [0.2, 0.25) is 5.88 Å². The molecule has 136 valence electrons. The molecular weight excluding hydrogens is 360 g/mol. The average molecular weight is 379 g/mol. The Morgan fingerprint density at radius 1 is 1.07 bits per heavy atom. The molecule has 0 spiro atoms. The molecular formula is C21H19ClN4O. The summed E-state index contributed by atoms with van der Waals surface area (Å²) in [4.78, 5) is 8.73. The summed E-state index contributed by atoms with van der Waals surface area (Å²) in [6.45, 7) is 6.33. The lowest BCUT2D eigenvalue weighted by Gasteiger charge is -2.14. The van der Waals surface area contributed by atoms with Gasteiger partial charge in [0.25, 0.3) is 0 Å². The van der Waals surface area contributed by atoms with Crippen LogP contribution in [0, 0.1) is 6.92 Å². The number of ether oxygens (including phenoxy) is 1. The SMILES string of the molecule is Cc1ccc(C(C)C)c(Oc2ncnc3c2cnn3-c2cccc(Cl)c2)c1. The van der Waals surface area contributed by atoms with Crippen LogP contribution in [0.15, 0.2) is 55.0 Å². The molecule has 6 heteroatoms. The van der Waals surface area contributed by atoms with Gasteiger partial charge in [0.15, 0.2) is 5.65 Å². The van der Waals surface area contributed by atoms with Gasteiger partial charge in [-0.15, -0.1) is 0 Å². The minimum Gasteiger partial charge on any atom is -0.438 e. The molecule has 5 nitrogen and oxygen atoms in total. The third-order valence-corrected chi connectivity index (χ3v) is 4.61. The van der Waals surface area contributed by atoms with Crippen molar-refractivity contribution >= 4 is 22.6 Å². The van der Waals surface area contributed by atoms with Gasteiger partial charge in [0.05, 0.1) is 11.9 Å². The van der Waals surface area contributed by atoms with Crippen molar-refractivity contribution in [2.45, 2.75) is 26.7 Å². The van der Waals surface area contributed by atoms with Crippen LogP contribution in [-0.4, -0.2) is 19.7 Å². The molecule has 0 fully saturated rings. The van der Waals surface area contributed by atoms with Crippen molar-refractivity contribution in [3.63, 3.8) is 0 Å². The fourth-order valence-electron chi connectivity index (χ4n) is 3.01. The number of rotatable bonds is 4. The number of aromatic nitrogens is 4. The summed E-state index contributed by atoms with van der Waals surface area (Å²) >= 11 is 6.11. The minimum absolute atomic E-state index is 0.340. The van der Waals surface area contributed by atoms with Crippen molar-refractivity contribution in [3.05, 3.63) is 71.1 Å². The van der Waals surface area contributed by atoms with Crippen LogP contribution in [0.25, 0.3) is 16.7 Å². The van der Waals surface area contributed by atoms with Crippen LogP contribution in [0.3, 0.4) is 0 Å². The zero-order valence-electron chi connectivity index (χ0n) is 15.3. The second kappa shape index (κ2) is 7.00. The molecule has 0 bridgehead atoms. The van der Waals surface area contributed by atoms with E-state index in [4.69, 9.17) is 16.3 Å². The predicted molar refractivity (Wildman–Crippen MR) is 107 cm³/mol. The maximum Gasteiger partial charge on any atom is 0.233 e. The highest BCUT2D eigenvalue weighted by Crippen LogP contribution is 2.33. The third kappa shape index (κ3) is 3.38. The number of halogens is 1. The molecule has 0 aliphatic carbocycles. The van der Waals surface area contributed by atoms with Gasteiger partial charge < -0.3 is 4.74 Å². The first-order chi connectivity index (χ1) is 13.0. The molecule has 4 rings (SSSR count). The molecule has 0 unspecified atom stereocenters. The summed E-state index contributed by atoms with van der Waals surface area (Å²) < 4.78 is 7.94. The number of hydrogen-bond donors (Lipinski definition) is 0. The second-order valence-corrected chi connectivity index (χ2v) is 7.19. The smallest absolute Gasteiger partial charge is 0.233 e. The van der Waals surface area contributed by atoms with Crippen molar-refractivity contribution in [1.29, 1.82) is 0 Å². The van der Waals surface area contributed by atoms with E-state index in [1.165, 1.54) is 6.33 Å². The third-order valence-electron chi connectivity index (χ3n) is 4.38. The Hall–Kier alpha value is -2.92. The van der Waals surface area contributed by atoms with Crippen LogP contribution >= 0.6 is 11.6 Å². The first-order valence-electron chi connectivity index (χ1n) is 8.76. The molecule has 2 aromatic heterocycles. The lowest BCUT2D eigenvalue weighted by Crippen LogP contribution is -1.99. The first kappa shape index (κ1) is 17.5. The highest BCUT2D eigenvalue weighted by Gasteiger charge is 2.15. The van der Waals surface area contributed by atoms with E-state index in [2.05, 4.69) is 41.0 Å². The summed E-state index contributed by atoms with van der Waals surface area (Å²) in [6, 6.07) is 13.7. The molecule has 0 radical (unpaired) electrons. The van der Waals surface area contributed by atoms with Crippen molar-refractivity contribution in [2.24, 2.45) is 0 Å². The fourth-order valence-corrected chi connectivity index (χ4v) is 3.20. The zero-order chi connectivity index (χ0) is 19.0. The average Bonchev–Trinajstić information content (AvgIpc) is 3.07. The summed E-state index contributed by atoms with van der Waals surface area (Å²) in [5.41, 5.74) is 3.77. The van der Waals surface area contributed by atoms with Crippen molar-refractivity contribution in [1.82, 2.24) is 19.7 Å². The van der Waals surface area contributed by atoms with Gasteiger partial charge in [0, 0.05) is 5.02 Å². The van der Waals surface area contributed by atoms with Crippen molar-refractivity contribution in [3.8, 4) is 17.3 Å². The van der Waals surface area contributed by atoms with E-state index < -0.39 is 0 Å². The van der Waals surface area contributed by atoms with E-state index in [0.717, 1.165) is 28.0 Å². The monoisotopic (exact) mass is 378 g/mol. The topological polar surface area (TPSA) is 52.8 Å². The molecule has 4 aromatic rings. The highest BCUT2D eigenvalue weighted by atomic mass is 35.5. The van der Waals surface area contributed by atoms with Crippen LogP contribution in [0.5, 0.6) is 11.6 Å². The molecule has 0 amide bonds. The van der Waals surface area contributed by atoms with Crippen LogP contribution < -0.4 is 4.74 Å². The van der Waals surface area contributed by atoms with Crippen LogP contribution in [0.1, 0.15) is 30.9 Å². The molecule has 0 aliphatic rings. The van der Waals surface area contributed by atoms with Gasteiger partial charge in [-0.25, -0.2) is 14.6 Å². The molecule has 0 N–H and O–H groups in total. The normalized spacial score (nSPS) is 11.3. The van der Waals surface area contributed by atoms with Crippen molar-refractivity contribution < 1.29 is 4.74 Å². The molecule has 2 aromatic carbocycles. The summed E-state index contributed by atoms with van der Waals surface area (Å²) in [6.07, 6.45) is 3.21. The predicted octanol–water partition coefficient (Wildman–Crippen LogP) is 5.69. The van der Waals surface area contributed by atoms with Crippen molar-refractivity contribution in [2.75, 3.05) is 0 Å². The Kier molecular flexibility index (Phi) is 4.54. The van der Waals surface area contributed by atoms with Crippen LogP contribution in [0.4, 0.5) is 0 Å². The molecule has 0 saturated heterocycles. The molecule has 0 atom stereocenters. The van der Waals surface area contributed by atoms with Crippen LogP contribution in [-0.2, 0) is 0 Å². The standard InChI is InChI=1S/C21H19ClN4O/c1-13(2)17-8-7-14(3)9-19(17)27-21-18-11-25-26(20(18)23-12-24-21)16-6-4-5-15(22)10-16/h4-13H,1-3H3. The fraction of sp³-hybridized carbons (Fsp3) is 0.190. The largest absolute Gasteiger partial charge is 0.438 e. The Morgan fingerprint density at radius 2 is 1.93 bits per heavy atom. The number of benzene rings is 2. The lowest BCUT2D eigenvalue weighted by molar-refractivity contribution is 0.459. The van der Waals surface area contributed by atoms with Gasteiger partial charge in [-0.3, -0.25) is 0 Å². The van der Waals surface area contributed by atoms with E-state index in [9.17, 15) is 0 Å². The maximum absolute atomic E-state index is 6.21. The van der Waals surface area contributed by atoms with E-state index >= 15 is 0 Å². The Morgan fingerprint density at radius 3 is 2.70 bits per heavy atom. The van der Waals surface area contributed by atoms with E-state index in [-0.39, 0.29) is 0 Å². The molecule has 0 aliphatic heterocycles. The van der Waals surface area contributed by atoms with Gasteiger partial charge in [-0.2, -0.15) is 5.10 Å².